The summed E-state index contributed by atoms with van der Waals surface area (Å²) in [7, 11) is 1.76. The van der Waals surface area contributed by atoms with E-state index >= 15 is 0 Å². The molecule has 0 radical (unpaired) electrons. The van der Waals surface area contributed by atoms with E-state index in [1.807, 2.05) is 13.8 Å². The summed E-state index contributed by atoms with van der Waals surface area (Å²) in [5.74, 6) is 0.0984. The van der Waals surface area contributed by atoms with Crippen LogP contribution in [0.4, 0.5) is 26.1 Å². The Labute approximate surface area is 116 Å². The summed E-state index contributed by atoms with van der Waals surface area (Å²) in [6.07, 6.45) is 1.40. The van der Waals surface area contributed by atoms with Gasteiger partial charge >= 0.3 is 0 Å². The van der Waals surface area contributed by atoms with Crippen LogP contribution in [0.2, 0.25) is 0 Å². The first-order chi connectivity index (χ1) is 9.51. The van der Waals surface area contributed by atoms with Gasteiger partial charge in [-0.05, 0) is 18.1 Å². The zero-order chi connectivity index (χ0) is 14.7. The van der Waals surface area contributed by atoms with Crippen LogP contribution in [0.1, 0.15) is 25.3 Å². The van der Waals surface area contributed by atoms with E-state index in [4.69, 9.17) is 0 Å². The smallest absolute Gasteiger partial charge is 0.139 e. The van der Waals surface area contributed by atoms with Crippen molar-refractivity contribution >= 4 is 17.3 Å². The predicted molar refractivity (Wildman–Crippen MR) is 75.3 cm³/mol. The minimum atomic E-state index is -0.638. The molecule has 0 atom stereocenters. The monoisotopic (exact) mass is 278 g/mol. The van der Waals surface area contributed by atoms with Gasteiger partial charge in [-0.2, -0.15) is 0 Å². The van der Waals surface area contributed by atoms with Crippen LogP contribution in [0.5, 0.6) is 0 Å². The van der Waals surface area contributed by atoms with Gasteiger partial charge in [0, 0.05) is 24.4 Å². The molecule has 0 bridgehead atoms. The van der Waals surface area contributed by atoms with Crippen LogP contribution in [0.15, 0.2) is 24.5 Å². The van der Waals surface area contributed by atoms with Crippen molar-refractivity contribution in [1.82, 2.24) is 9.97 Å². The molecule has 0 saturated heterocycles. The lowest BCUT2D eigenvalue weighted by molar-refractivity contribution is 0.584. The predicted octanol–water partition coefficient (Wildman–Crippen LogP) is 3.66. The lowest BCUT2D eigenvalue weighted by atomic mass is 10.0. The summed E-state index contributed by atoms with van der Waals surface area (Å²) in [5.41, 5.74) is 1.17. The summed E-state index contributed by atoms with van der Waals surface area (Å²) in [6.45, 7) is 3.99. The van der Waals surface area contributed by atoms with Crippen molar-refractivity contribution in [2.24, 2.45) is 0 Å². The first-order valence-electron chi connectivity index (χ1n) is 6.27. The van der Waals surface area contributed by atoms with Crippen LogP contribution < -0.4 is 10.6 Å². The molecule has 2 N–H and O–H groups in total. The highest BCUT2D eigenvalue weighted by atomic mass is 19.1. The minimum Gasteiger partial charge on any atom is -0.373 e. The molecule has 0 spiro atoms. The Bertz CT molecular complexity index is 594. The van der Waals surface area contributed by atoms with Crippen molar-refractivity contribution in [3.8, 4) is 0 Å². The molecule has 6 heteroatoms. The number of nitrogens with zero attached hydrogens (tertiary/aromatic N) is 2. The minimum absolute atomic E-state index is 0.152. The second-order valence-electron chi connectivity index (χ2n) is 4.67. The van der Waals surface area contributed by atoms with Crippen molar-refractivity contribution in [1.29, 1.82) is 0 Å². The summed E-state index contributed by atoms with van der Waals surface area (Å²) in [6, 6.07) is 3.26. The molecule has 0 aliphatic heterocycles. The normalized spacial score (nSPS) is 10.7. The maximum Gasteiger partial charge on any atom is 0.139 e. The Balaban J connectivity index is 2.42. The number of anilines is 3. The topological polar surface area (TPSA) is 49.8 Å². The van der Waals surface area contributed by atoms with Crippen LogP contribution in [-0.4, -0.2) is 17.0 Å². The maximum atomic E-state index is 13.2. The van der Waals surface area contributed by atoms with E-state index in [0.717, 1.165) is 11.6 Å². The van der Waals surface area contributed by atoms with Crippen molar-refractivity contribution in [3.05, 3.63) is 41.7 Å². The molecular formula is C14H16F2N4. The highest BCUT2D eigenvalue weighted by molar-refractivity contribution is 5.65. The van der Waals surface area contributed by atoms with Crippen LogP contribution in [0.3, 0.4) is 0 Å². The second-order valence-corrected chi connectivity index (χ2v) is 4.67. The van der Waals surface area contributed by atoms with E-state index in [9.17, 15) is 8.78 Å². The third-order valence-corrected chi connectivity index (χ3v) is 2.82. The van der Waals surface area contributed by atoms with Crippen LogP contribution in [0, 0.1) is 11.6 Å². The molecule has 1 aromatic carbocycles. The van der Waals surface area contributed by atoms with Gasteiger partial charge in [0.2, 0.25) is 0 Å². The highest BCUT2D eigenvalue weighted by Gasteiger charge is 2.14. The van der Waals surface area contributed by atoms with Gasteiger partial charge in [-0.15, -0.1) is 0 Å². The number of benzene rings is 1. The van der Waals surface area contributed by atoms with Gasteiger partial charge in [-0.1, -0.05) is 13.8 Å². The number of rotatable bonds is 4. The van der Waals surface area contributed by atoms with E-state index in [-0.39, 0.29) is 5.92 Å². The fraction of sp³-hybridized carbons (Fsp3) is 0.286. The van der Waals surface area contributed by atoms with Crippen LogP contribution in [-0.2, 0) is 0 Å². The average molecular weight is 278 g/mol. The second kappa shape index (κ2) is 5.81. The molecule has 0 aliphatic rings. The van der Waals surface area contributed by atoms with Gasteiger partial charge in [0.25, 0.3) is 0 Å². The first-order valence-corrected chi connectivity index (χ1v) is 6.27. The molecule has 0 saturated carbocycles. The summed E-state index contributed by atoms with van der Waals surface area (Å²) < 4.78 is 26.4. The van der Waals surface area contributed by atoms with Gasteiger partial charge in [0.15, 0.2) is 0 Å². The molecule has 2 aromatic rings. The van der Waals surface area contributed by atoms with Crippen molar-refractivity contribution < 1.29 is 8.78 Å². The van der Waals surface area contributed by atoms with Gasteiger partial charge in [-0.3, -0.25) is 0 Å². The Morgan fingerprint density at radius 2 is 1.60 bits per heavy atom. The molecule has 0 amide bonds. The third kappa shape index (κ3) is 3.01. The van der Waals surface area contributed by atoms with Crippen LogP contribution >= 0.6 is 0 Å². The van der Waals surface area contributed by atoms with Gasteiger partial charge < -0.3 is 10.6 Å². The Kier molecular flexibility index (Phi) is 4.12. The molecular weight excluding hydrogens is 262 g/mol. The largest absolute Gasteiger partial charge is 0.373 e. The Morgan fingerprint density at radius 3 is 2.15 bits per heavy atom. The van der Waals surface area contributed by atoms with E-state index in [2.05, 4.69) is 20.6 Å². The Morgan fingerprint density at radius 1 is 1.00 bits per heavy atom. The zero-order valence-corrected chi connectivity index (χ0v) is 11.5. The molecule has 0 fully saturated rings. The van der Waals surface area contributed by atoms with Crippen molar-refractivity contribution in [2.75, 3.05) is 17.7 Å². The number of aromatic nitrogens is 2. The molecule has 1 heterocycles. The SMILES string of the molecule is CNc1ncnc(Nc2cc(F)cc(F)c2)c1C(C)C. The number of hydrogen-bond donors (Lipinski definition) is 2. The third-order valence-electron chi connectivity index (χ3n) is 2.82. The molecule has 4 nitrogen and oxygen atoms in total. The van der Waals surface area contributed by atoms with E-state index in [1.54, 1.807) is 7.05 Å². The molecule has 0 aliphatic carbocycles. The number of nitrogens with one attached hydrogen (secondary N) is 2. The van der Waals surface area contributed by atoms with Gasteiger partial charge in [0.1, 0.15) is 29.6 Å². The highest BCUT2D eigenvalue weighted by Crippen LogP contribution is 2.30. The molecule has 2 rings (SSSR count). The van der Waals surface area contributed by atoms with Gasteiger partial charge in [0.05, 0.1) is 0 Å². The molecule has 106 valence electrons. The standard InChI is InChI=1S/C14H16F2N4/c1-8(2)12-13(17-3)18-7-19-14(12)20-11-5-9(15)4-10(16)6-11/h4-8H,1-3H3,(H2,17,18,19,20). The maximum absolute atomic E-state index is 13.2. The van der Waals surface area contributed by atoms with Crippen molar-refractivity contribution in [3.63, 3.8) is 0 Å². The zero-order valence-electron chi connectivity index (χ0n) is 11.5. The fourth-order valence-electron chi connectivity index (χ4n) is 2.00. The van der Waals surface area contributed by atoms with Crippen molar-refractivity contribution in [2.45, 2.75) is 19.8 Å². The van der Waals surface area contributed by atoms with Crippen LogP contribution in [0.25, 0.3) is 0 Å². The summed E-state index contributed by atoms with van der Waals surface area (Å²) in [4.78, 5) is 8.30. The molecule has 20 heavy (non-hydrogen) atoms. The summed E-state index contributed by atoms with van der Waals surface area (Å²) in [5, 5.41) is 5.93. The first kappa shape index (κ1) is 14.2. The lowest BCUT2D eigenvalue weighted by Gasteiger charge is -2.16. The summed E-state index contributed by atoms with van der Waals surface area (Å²) >= 11 is 0. The average Bonchev–Trinajstić information content (AvgIpc) is 2.36. The fourth-order valence-corrected chi connectivity index (χ4v) is 2.00. The van der Waals surface area contributed by atoms with E-state index < -0.39 is 11.6 Å². The van der Waals surface area contributed by atoms with Gasteiger partial charge in [-0.25, -0.2) is 18.7 Å². The quantitative estimate of drug-likeness (QED) is 0.896. The molecule has 0 unspecified atom stereocenters. The van der Waals surface area contributed by atoms with E-state index in [1.165, 1.54) is 18.5 Å². The van der Waals surface area contributed by atoms with E-state index in [0.29, 0.717) is 17.3 Å². The lowest BCUT2D eigenvalue weighted by Crippen LogP contribution is -2.07. The molecule has 1 aromatic heterocycles. The Hall–Kier alpha value is -2.24. The number of halogens is 2. The number of hydrogen-bond acceptors (Lipinski definition) is 4.